The molecule has 2 N–H and O–H groups in total. The molecule has 21 heavy (non-hydrogen) atoms. The van der Waals surface area contributed by atoms with Crippen LogP contribution in [0, 0.1) is 26.1 Å². The van der Waals surface area contributed by atoms with Crippen LogP contribution >= 0.6 is 0 Å². The summed E-state index contributed by atoms with van der Waals surface area (Å²) in [6.45, 7) is 0.951. The van der Waals surface area contributed by atoms with Gasteiger partial charge in [0.2, 0.25) is 0 Å². The van der Waals surface area contributed by atoms with E-state index in [1.165, 1.54) is 12.1 Å². The maximum atomic E-state index is 11.0. The summed E-state index contributed by atoms with van der Waals surface area (Å²) in [5, 5.41) is 34.2. The molecule has 1 aliphatic carbocycles. The van der Waals surface area contributed by atoms with E-state index in [0.717, 1.165) is 25.3 Å². The van der Waals surface area contributed by atoms with Crippen LogP contribution in [0.4, 0.5) is 11.4 Å². The lowest BCUT2D eigenvalue weighted by Gasteiger charge is -2.11. The molecule has 2 unspecified atom stereocenters. The second kappa shape index (κ2) is 6.59. The molecule has 0 spiro atoms. The van der Waals surface area contributed by atoms with Crippen molar-refractivity contribution in [3.05, 3.63) is 44.0 Å². The largest absolute Gasteiger partial charge is 0.393 e. The van der Waals surface area contributed by atoms with Gasteiger partial charge < -0.3 is 10.4 Å². The Morgan fingerprint density at radius 1 is 1.24 bits per heavy atom. The van der Waals surface area contributed by atoms with E-state index >= 15 is 0 Å². The van der Waals surface area contributed by atoms with Crippen molar-refractivity contribution in [1.82, 2.24) is 5.32 Å². The second-order valence-electron chi connectivity index (χ2n) is 5.29. The fraction of sp³-hybridized carbons (Fsp3) is 0.538. The van der Waals surface area contributed by atoms with Crippen molar-refractivity contribution in [2.24, 2.45) is 5.92 Å². The van der Waals surface area contributed by atoms with Crippen LogP contribution < -0.4 is 5.32 Å². The van der Waals surface area contributed by atoms with E-state index < -0.39 is 9.85 Å². The Balaban J connectivity index is 1.99. The van der Waals surface area contributed by atoms with Gasteiger partial charge in [-0.1, -0.05) is 0 Å². The standard InChI is InChI=1S/C13H17N3O5/c17-12-4-1-9(5-12)7-14-8-10-2-3-11(15(18)19)6-13(10)16(20)21/h2-3,6,9,12,14,17H,1,4-5,7-8H2. The quantitative estimate of drug-likeness (QED) is 0.609. The number of nitrogens with one attached hydrogen (secondary N) is 1. The summed E-state index contributed by atoms with van der Waals surface area (Å²) in [5.74, 6) is 0.372. The summed E-state index contributed by atoms with van der Waals surface area (Å²) >= 11 is 0. The van der Waals surface area contributed by atoms with Gasteiger partial charge in [0.1, 0.15) is 0 Å². The summed E-state index contributed by atoms with van der Waals surface area (Å²) in [5.41, 5.74) is -0.114. The lowest BCUT2D eigenvalue weighted by Crippen LogP contribution is -2.21. The molecule has 1 aliphatic rings. The monoisotopic (exact) mass is 295 g/mol. The smallest absolute Gasteiger partial charge is 0.280 e. The molecule has 0 bridgehead atoms. The SMILES string of the molecule is O=[N+]([O-])c1ccc(CNCC2CCC(O)C2)c([N+](=O)[O-])c1. The molecule has 1 fully saturated rings. The van der Waals surface area contributed by atoms with E-state index in [1.54, 1.807) is 0 Å². The first kappa shape index (κ1) is 15.3. The minimum atomic E-state index is -0.649. The summed E-state index contributed by atoms with van der Waals surface area (Å²) < 4.78 is 0. The van der Waals surface area contributed by atoms with Crippen molar-refractivity contribution in [2.75, 3.05) is 6.54 Å². The normalized spacial score (nSPS) is 21.4. The van der Waals surface area contributed by atoms with Gasteiger partial charge in [-0.15, -0.1) is 0 Å². The molecule has 8 nitrogen and oxygen atoms in total. The molecule has 114 valence electrons. The number of hydrogen-bond acceptors (Lipinski definition) is 6. The number of non-ortho nitro benzene ring substituents is 1. The number of rotatable bonds is 6. The number of aliphatic hydroxyl groups is 1. The number of nitrogens with zero attached hydrogens (tertiary/aromatic N) is 2. The Morgan fingerprint density at radius 3 is 2.57 bits per heavy atom. The summed E-state index contributed by atoms with van der Waals surface area (Å²) in [4.78, 5) is 20.4. The lowest BCUT2D eigenvalue weighted by atomic mass is 10.1. The Kier molecular flexibility index (Phi) is 4.81. The van der Waals surface area contributed by atoms with Crippen molar-refractivity contribution in [2.45, 2.75) is 31.9 Å². The molecule has 1 aromatic rings. The van der Waals surface area contributed by atoms with Crippen LogP contribution in [0.5, 0.6) is 0 Å². The molecule has 0 radical (unpaired) electrons. The predicted molar refractivity (Wildman–Crippen MR) is 74.8 cm³/mol. The van der Waals surface area contributed by atoms with Crippen molar-refractivity contribution in [1.29, 1.82) is 0 Å². The topological polar surface area (TPSA) is 119 Å². The number of nitro benzene ring substituents is 2. The van der Waals surface area contributed by atoms with Gasteiger partial charge in [0.25, 0.3) is 11.4 Å². The maximum absolute atomic E-state index is 11.0. The molecule has 2 rings (SSSR count). The molecular weight excluding hydrogens is 278 g/mol. The minimum absolute atomic E-state index is 0.245. The van der Waals surface area contributed by atoms with E-state index in [4.69, 9.17) is 0 Å². The Hall–Kier alpha value is -2.06. The number of benzene rings is 1. The summed E-state index contributed by atoms with van der Waals surface area (Å²) in [6, 6.07) is 3.66. The summed E-state index contributed by atoms with van der Waals surface area (Å²) in [7, 11) is 0. The zero-order chi connectivity index (χ0) is 15.4. The molecule has 1 aromatic carbocycles. The number of hydrogen-bond donors (Lipinski definition) is 2. The maximum Gasteiger partial charge on any atom is 0.280 e. The van der Waals surface area contributed by atoms with E-state index in [-0.39, 0.29) is 24.0 Å². The van der Waals surface area contributed by atoms with Gasteiger partial charge in [-0.05, 0) is 37.8 Å². The Morgan fingerprint density at radius 2 is 2.00 bits per heavy atom. The fourth-order valence-electron chi connectivity index (χ4n) is 2.63. The Labute approximate surface area is 121 Å². The highest BCUT2D eigenvalue weighted by atomic mass is 16.6. The average Bonchev–Trinajstić information content (AvgIpc) is 2.84. The van der Waals surface area contributed by atoms with Gasteiger partial charge in [0.15, 0.2) is 0 Å². The third-order valence-corrected chi connectivity index (χ3v) is 3.74. The van der Waals surface area contributed by atoms with Crippen LogP contribution in [0.15, 0.2) is 18.2 Å². The third kappa shape index (κ3) is 3.96. The highest BCUT2D eigenvalue weighted by Crippen LogP contribution is 2.26. The predicted octanol–water partition coefficient (Wildman–Crippen LogP) is 1.75. The van der Waals surface area contributed by atoms with Crippen molar-refractivity contribution < 1.29 is 15.0 Å². The van der Waals surface area contributed by atoms with Gasteiger partial charge in [-0.3, -0.25) is 20.2 Å². The first-order chi connectivity index (χ1) is 9.97. The second-order valence-corrected chi connectivity index (χ2v) is 5.29. The molecule has 1 saturated carbocycles. The first-order valence-electron chi connectivity index (χ1n) is 6.78. The van der Waals surface area contributed by atoms with Gasteiger partial charge in [-0.25, -0.2) is 0 Å². The minimum Gasteiger partial charge on any atom is -0.393 e. The van der Waals surface area contributed by atoms with Crippen LogP contribution in [-0.2, 0) is 6.54 Å². The van der Waals surface area contributed by atoms with Crippen LogP contribution in [0.25, 0.3) is 0 Å². The lowest BCUT2D eigenvalue weighted by molar-refractivity contribution is -0.394. The van der Waals surface area contributed by atoms with E-state index in [0.29, 0.717) is 18.0 Å². The van der Waals surface area contributed by atoms with Gasteiger partial charge >= 0.3 is 0 Å². The van der Waals surface area contributed by atoms with Crippen LogP contribution in [-0.4, -0.2) is 27.6 Å². The number of nitro groups is 2. The van der Waals surface area contributed by atoms with E-state index in [9.17, 15) is 25.3 Å². The molecular formula is C13H17N3O5. The van der Waals surface area contributed by atoms with E-state index in [2.05, 4.69) is 5.32 Å². The van der Waals surface area contributed by atoms with E-state index in [1.807, 2.05) is 0 Å². The zero-order valence-corrected chi connectivity index (χ0v) is 11.4. The molecule has 0 saturated heterocycles. The Bertz CT molecular complexity index is 549. The van der Waals surface area contributed by atoms with Crippen LogP contribution in [0.1, 0.15) is 24.8 Å². The molecule has 0 amide bonds. The first-order valence-corrected chi connectivity index (χ1v) is 6.78. The van der Waals surface area contributed by atoms with Crippen molar-refractivity contribution in [3.63, 3.8) is 0 Å². The zero-order valence-electron chi connectivity index (χ0n) is 11.4. The third-order valence-electron chi connectivity index (χ3n) is 3.74. The van der Waals surface area contributed by atoms with Crippen molar-refractivity contribution >= 4 is 11.4 Å². The van der Waals surface area contributed by atoms with Gasteiger partial charge in [-0.2, -0.15) is 0 Å². The van der Waals surface area contributed by atoms with Crippen molar-refractivity contribution in [3.8, 4) is 0 Å². The molecule has 0 aromatic heterocycles. The highest BCUT2D eigenvalue weighted by Gasteiger charge is 2.23. The van der Waals surface area contributed by atoms with Crippen LogP contribution in [0.2, 0.25) is 0 Å². The molecule has 2 atom stereocenters. The van der Waals surface area contributed by atoms with Gasteiger partial charge in [0, 0.05) is 18.2 Å². The molecule has 0 heterocycles. The van der Waals surface area contributed by atoms with Gasteiger partial charge in [0.05, 0.1) is 22.0 Å². The summed E-state index contributed by atoms with van der Waals surface area (Å²) in [6.07, 6.45) is 2.24. The van der Waals surface area contributed by atoms with Crippen LogP contribution in [0.3, 0.4) is 0 Å². The molecule has 8 heteroatoms. The fourth-order valence-corrected chi connectivity index (χ4v) is 2.63. The highest BCUT2D eigenvalue weighted by molar-refractivity contribution is 5.49. The average molecular weight is 295 g/mol. The number of aliphatic hydroxyl groups excluding tert-OH is 1. The molecule has 0 aliphatic heterocycles.